The van der Waals surface area contributed by atoms with Crippen LogP contribution in [0.15, 0.2) is 45.9 Å². The van der Waals surface area contributed by atoms with Crippen molar-refractivity contribution in [3.63, 3.8) is 0 Å². The molecule has 8 nitrogen and oxygen atoms in total. The van der Waals surface area contributed by atoms with E-state index in [1.807, 2.05) is 33.8 Å². The van der Waals surface area contributed by atoms with Gasteiger partial charge in [0.15, 0.2) is 11.4 Å². The van der Waals surface area contributed by atoms with Crippen LogP contribution < -0.4 is 10.9 Å². The van der Waals surface area contributed by atoms with Gasteiger partial charge < -0.3 is 14.7 Å². The number of rotatable bonds is 5. The monoisotopic (exact) mass is 405 g/mol. The average molecular weight is 405 g/mol. The van der Waals surface area contributed by atoms with E-state index in [0.717, 1.165) is 11.3 Å². The minimum atomic E-state index is -0.308. The fraction of sp³-hybridized carbons (Fsp3) is 0.273. The van der Waals surface area contributed by atoms with Crippen LogP contribution in [0.3, 0.4) is 0 Å². The highest BCUT2D eigenvalue weighted by molar-refractivity contribution is 6.06. The standard InChI is InChI=1S/C22H23N5O3/c1-12(2)27-20-17(11-24-27)15(9-18(26-20)19-6-5-7-30-19)21(28)23-10-16-13(3)8-14(4)25-22(16)29/h5-9,11-12H,10H2,1-4H3,(H,23,28)(H,25,29). The van der Waals surface area contributed by atoms with Gasteiger partial charge in [-0.25, -0.2) is 9.67 Å². The van der Waals surface area contributed by atoms with E-state index < -0.39 is 0 Å². The lowest BCUT2D eigenvalue weighted by atomic mass is 10.1. The molecule has 0 aliphatic carbocycles. The number of carbonyl (C=O) groups is 1. The lowest BCUT2D eigenvalue weighted by Crippen LogP contribution is -2.28. The van der Waals surface area contributed by atoms with E-state index in [1.165, 1.54) is 0 Å². The molecule has 0 atom stereocenters. The number of carbonyl (C=O) groups excluding carboxylic acids is 1. The number of aromatic amines is 1. The summed E-state index contributed by atoms with van der Waals surface area (Å²) >= 11 is 0. The molecule has 2 N–H and O–H groups in total. The minimum absolute atomic E-state index is 0.0755. The molecule has 0 fully saturated rings. The number of aryl methyl sites for hydroxylation is 2. The molecule has 0 bridgehead atoms. The summed E-state index contributed by atoms with van der Waals surface area (Å²) in [6.07, 6.45) is 3.21. The first-order chi connectivity index (χ1) is 14.3. The molecule has 0 unspecified atom stereocenters. The molecule has 8 heteroatoms. The molecule has 0 aliphatic rings. The topological polar surface area (TPSA) is 106 Å². The zero-order valence-electron chi connectivity index (χ0n) is 17.3. The summed E-state index contributed by atoms with van der Waals surface area (Å²) in [6, 6.07) is 7.21. The van der Waals surface area contributed by atoms with Crippen molar-refractivity contribution in [1.29, 1.82) is 0 Å². The third-order valence-electron chi connectivity index (χ3n) is 4.99. The third-order valence-corrected chi connectivity index (χ3v) is 4.99. The largest absolute Gasteiger partial charge is 0.463 e. The van der Waals surface area contributed by atoms with Crippen LogP contribution in [-0.2, 0) is 6.54 Å². The number of aromatic nitrogens is 4. The molecule has 4 heterocycles. The number of amides is 1. The minimum Gasteiger partial charge on any atom is -0.463 e. The molecule has 30 heavy (non-hydrogen) atoms. The highest BCUT2D eigenvalue weighted by Gasteiger charge is 2.19. The van der Waals surface area contributed by atoms with Gasteiger partial charge >= 0.3 is 0 Å². The smallest absolute Gasteiger partial charge is 0.253 e. The summed E-state index contributed by atoms with van der Waals surface area (Å²) < 4.78 is 7.25. The summed E-state index contributed by atoms with van der Waals surface area (Å²) in [4.78, 5) is 32.8. The number of H-pyrrole nitrogens is 1. The van der Waals surface area contributed by atoms with Crippen LogP contribution in [0.5, 0.6) is 0 Å². The number of nitrogens with zero attached hydrogens (tertiary/aromatic N) is 3. The Hall–Kier alpha value is -3.68. The maximum Gasteiger partial charge on any atom is 0.253 e. The van der Waals surface area contributed by atoms with E-state index in [0.29, 0.717) is 33.6 Å². The first-order valence-corrected chi connectivity index (χ1v) is 9.75. The Morgan fingerprint density at radius 3 is 2.77 bits per heavy atom. The summed E-state index contributed by atoms with van der Waals surface area (Å²) in [5, 5.41) is 7.91. The number of nitrogens with one attached hydrogen (secondary N) is 2. The maximum atomic E-state index is 13.1. The Morgan fingerprint density at radius 1 is 1.30 bits per heavy atom. The van der Waals surface area contributed by atoms with Crippen LogP contribution >= 0.6 is 0 Å². The highest BCUT2D eigenvalue weighted by atomic mass is 16.3. The number of hydrogen-bond acceptors (Lipinski definition) is 5. The Balaban J connectivity index is 1.74. The van der Waals surface area contributed by atoms with Gasteiger partial charge in [-0.1, -0.05) is 0 Å². The van der Waals surface area contributed by atoms with Gasteiger partial charge in [0.1, 0.15) is 5.69 Å². The van der Waals surface area contributed by atoms with E-state index in [1.54, 1.807) is 35.3 Å². The van der Waals surface area contributed by atoms with Crippen LogP contribution in [0, 0.1) is 13.8 Å². The van der Waals surface area contributed by atoms with Gasteiger partial charge in [-0.15, -0.1) is 0 Å². The molecule has 0 saturated heterocycles. The van der Waals surface area contributed by atoms with Crippen LogP contribution in [0.1, 0.15) is 47.1 Å². The van der Waals surface area contributed by atoms with Crippen molar-refractivity contribution in [2.45, 2.75) is 40.3 Å². The number of fused-ring (bicyclic) bond motifs is 1. The number of pyridine rings is 2. The van der Waals surface area contributed by atoms with Crippen molar-refractivity contribution in [2.24, 2.45) is 0 Å². The van der Waals surface area contributed by atoms with Gasteiger partial charge in [0, 0.05) is 23.8 Å². The molecule has 4 rings (SSSR count). The van der Waals surface area contributed by atoms with Crippen molar-refractivity contribution >= 4 is 16.9 Å². The summed E-state index contributed by atoms with van der Waals surface area (Å²) in [5.41, 5.74) is 3.53. The third kappa shape index (κ3) is 3.52. The molecule has 154 valence electrons. The second-order valence-corrected chi connectivity index (χ2v) is 7.58. The second-order valence-electron chi connectivity index (χ2n) is 7.58. The maximum absolute atomic E-state index is 13.1. The van der Waals surface area contributed by atoms with Gasteiger partial charge in [-0.05, 0) is 57.5 Å². The van der Waals surface area contributed by atoms with Crippen LogP contribution in [-0.4, -0.2) is 25.7 Å². The van der Waals surface area contributed by atoms with Crippen LogP contribution in [0.2, 0.25) is 0 Å². The molecule has 0 spiro atoms. The van der Waals surface area contributed by atoms with Gasteiger partial charge in [0.2, 0.25) is 0 Å². The lowest BCUT2D eigenvalue weighted by Gasteiger charge is -2.11. The number of furan rings is 1. The average Bonchev–Trinajstić information content (AvgIpc) is 3.35. The Kier molecular flexibility index (Phi) is 4.99. The van der Waals surface area contributed by atoms with Crippen molar-refractivity contribution < 1.29 is 9.21 Å². The molecular formula is C22H23N5O3. The van der Waals surface area contributed by atoms with Gasteiger partial charge in [0.05, 0.1) is 23.4 Å². The van der Waals surface area contributed by atoms with E-state index in [-0.39, 0.29) is 24.1 Å². The number of hydrogen-bond donors (Lipinski definition) is 2. The van der Waals surface area contributed by atoms with E-state index in [2.05, 4.69) is 20.4 Å². The highest BCUT2D eigenvalue weighted by Crippen LogP contribution is 2.26. The van der Waals surface area contributed by atoms with E-state index in [4.69, 9.17) is 4.42 Å². The molecule has 0 aliphatic heterocycles. The quantitative estimate of drug-likeness (QED) is 0.529. The van der Waals surface area contributed by atoms with Gasteiger partial charge in [0.25, 0.3) is 11.5 Å². The molecule has 0 radical (unpaired) electrons. The zero-order valence-corrected chi connectivity index (χ0v) is 17.3. The predicted molar refractivity (Wildman–Crippen MR) is 113 cm³/mol. The fourth-order valence-corrected chi connectivity index (χ4v) is 3.50. The summed E-state index contributed by atoms with van der Waals surface area (Å²) in [6.45, 7) is 7.81. The molecular weight excluding hydrogens is 382 g/mol. The Bertz CT molecular complexity index is 1280. The van der Waals surface area contributed by atoms with Crippen molar-refractivity contribution in [2.75, 3.05) is 0 Å². The fourth-order valence-electron chi connectivity index (χ4n) is 3.50. The molecule has 1 amide bonds. The molecule has 0 aromatic carbocycles. The lowest BCUT2D eigenvalue weighted by molar-refractivity contribution is 0.0952. The summed E-state index contributed by atoms with van der Waals surface area (Å²) in [5.74, 6) is 0.256. The first kappa shape index (κ1) is 19.6. The van der Waals surface area contributed by atoms with Crippen molar-refractivity contribution in [3.8, 4) is 11.5 Å². The molecule has 4 aromatic heterocycles. The predicted octanol–water partition coefficient (Wildman–Crippen LogP) is 3.51. The van der Waals surface area contributed by atoms with Crippen molar-refractivity contribution in [3.05, 3.63) is 69.5 Å². The first-order valence-electron chi connectivity index (χ1n) is 9.75. The van der Waals surface area contributed by atoms with Crippen molar-refractivity contribution in [1.82, 2.24) is 25.1 Å². The Labute approximate surface area is 172 Å². The molecule has 0 saturated carbocycles. The SMILES string of the molecule is Cc1cc(C)c(CNC(=O)c2cc(-c3ccco3)nc3c2cnn3C(C)C)c(=O)[nH]1. The van der Waals surface area contributed by atoms with E-state index >= 15 is 0 Å². The van der Waals surface area contributed by atoms with Gasteiger partial charge in [-0.3, -0.25) is 9.59 Å². The van der Waals surface area contributed by atoms with Crippen LogP contribution in [0.25, 0.3) is 22.5 Å². The zero-order chi connectivity index (χ0) is 21.4. The second kappa shape index (κ2) is 7.62. The normalized spacial score (nSPS) is 11.4. The molecule has 4 aromatic rings. The van der Waals surface area contributed by atoms with E-state index in [9.17, 15) is 9.59 Å². The van der Waals surface area contributed by atoms with Crippen LogP contribution in [0.4, 0.5) is 0 Å². The van der Waals surface area contributed by atoms with Gasteiger partial charge in [-0.2, -0.15) is 5.10 Å². The Morgan fingerprint density at radius 2 is 2.10 bits per heavy atom. The summed E-state index contributed by atoms with van der Waals surface area (Å²) in [7, 11) is 0.